The number of benzene rings is 6. The molecule has 172 valence electrons. The number of hydrogen-bond donors (Lipinski definition) is 0. The van der Waals surface area contributed by atoms with Gasteiger partial charge in [-0.2, -0.15) is 0 Å². The SMILES string of the molecule is c1ccc2c(c1)sc1cc(-n3c4ccccc4c4cc5ccc6sc7ccccc7c6c5cc43)ccc12. The third-order valence-corrected chi connectivity index (χ3v) is 10.0. The molecule has 0 aliphatic rings. The van der Waals surface area contributed by atoms with Crippen LogP contribution in [0.3, 0.4) is 0 Å². The van der Waals surface area contributed by atoms with Gasteiger partial charge in [0.2, 0.25) is 0 Å². The van der Waals surface area contributed by atoms with Crippen LogP contribution in [-0.2, 0) is 0 Å². The van der Waals surface area contributed by atoms with E-state index in [0.717, 1.165) is 0 Å². The van der Waals surface area contributed by atoms with Gasteiger partial charge in [0.25, 0.3) is 0 Å². The van der Waals surface area contributed by atoms with E-state index in [1.807, 2.05) is 22.7 Å². The van der Waals surface area contributed by atoms with Crippen molar-refractivity contribution in [1.82, 2.24) is 4.57 Å². The number of thiophene rings is 2. The number of para-hydroxylation sites is 1. The third-order valence-electron chi connectivity index (χ3n) is 7.77. The second kappa shape index (κ2) is 7.19. The second-order valence-electron chi connectivity index (χ2n) is 9.76. The van der Waals surface area contributed by atoms with Crippen molar-refractivity contribution in [2.45, 2.75) is 0 Å². The highest BCUT2D eigenvalue weighted by Gasteiger charge is 2.16. The summed E-state index contributed by atoms with van der Waals surface area (Å²) in [5, 5.41) is 10.6. The van der Waals surface area contributed by atoms with Crippen LogP contribution in [0.25, 0.3) is 78.6 Å². The van der Waals surface area contributed by atoms with Crippen LogP contribution in [-0.4, -0.2) is 4.57 Å². The minimum atomic E-state index is 1.21. The van der Waals surface area contributed by atoms with Crippen molar-refractivity contribution in [3.05, 3.63) is 115 Å². The Kier molecular flexibility index (Phi) is 3.88. The average Bonchev–Trinajstić information content (AvgIpc) is 3.60. The van der Waals surface area contributed by atoms with Gasteiger partial charge in [-0.15, -0.1) is 22.7 Å². The maximum absolute atomic E-state index is 2.46. The van der Waals surface area contributed by atoms with Crippen LogP contribution in [0.1, 0.15) is 0 Å². The van der Waals surface area contributed by atoms with Crippen LogP contribution in [0.5, 0.6) is 0 Å². The fourth-order valence-corrected chi connectivity index (χ4v) is 8.40. The molecule has 0 aliphatic heterocycles. The number of nitrogens with zero attached hydrogens (tertiary/aromatic N) is 1. The zero-order chi connectivity index (χ0) is 24.1. The third kappa shape index (κ3) is 2.68. The van der Waals surface area contributed by atoms with Gasteiger partial charge >= 0.3 is 0 Å². The molecule has 0 atom stereocenters. The van der Waals surface area contributed by atoms with E-state index < -0.39 is 0 Å². The molecule has 0 radical (unpaired) electrons. The molecule has 3 aromatic heterocycles. The molecule has 37 heavy (non-hydrogen) atoms. The monoisotopic (exact) mass is 505 g/mol. The van der Waals surface area contributed by atoms with Crippen LogP contribution in [0, 0.1) is 0 Å². The van der Waals surface area contributed by atoms with Gasteiger partial charge in [0.15, 0.2) is 0 Å². The van der Waals surface area contributed by atoms with Crippen molar-refractivity contribution >= 4 is 95.6 Å². The van der Waals surface area contributed by atoms with Gasteiger partial charge in [-0.05, 0) is 59.3 Å². The Morgan fingerprint density at radius 1 is 0.405 bits per heavy atom. The summed E-state index contributed by atoms with van der Waals surface area (Å²) in [6.45, 7) is 0. The topological polar surface area (TPSA) is 4.93 Å². The fraction of sp³-hybridized carbons (Fsp3) is 0. The van der Waals surface area contributed by atoms with Crippen LogP contribution >= 0.6 is 22.7 Å². The minimum absolute atomic E-state index is 1.21. The summed E-state index contributed by atoms with van der Waals surface area (Å²) in [4.78, 5) is 0. The molecule has 0 bridgehead atoms. The Morgan fingerprint density at radius 2 is 1.11 bits per heavy atom. The maximum Gasteiger partial charge on any atom is 0.0547 e. The Bertz CT molecular complexity index is 2360. The molecule has 9 rings (SSSR count). The summed E-state index contributed by atoms with van der Waals surface area (Å²) in [6, 6.07) is 42.7. The number of fused-ring (bicyclic) bond motifs is 11. The van der Waals surface area contributed by atoms with E-state index in [-0.39, 0.29) is 0 Å². The molecular formula is C34H19NS2. The van der Waals surface area contributed by atoms with Crippen molar-refractivity contribution in [3.63, 3.8) is 0 Å². The van der Waals surface area contributed by atoms with Gasteiger partial charge in [0, 0.05) is 56.8 Å². The van der Waals surface area contributed by atoms with Crippen LogP contribution < -0.4 is 0 Å². The van der Waals surface area contributed by atoms with Gasteiger partial charge in [-0.3, -0.25) is 0 Å². The molecule has 9 aromatic rings. The van der Waals surface area contributed by atoms with E-state index in [0.29, 0.717) is 0 Å². The molecule has 0 amide bonds. The molecular weight excluding hydrogens is 487 g/mol. The van der Waals surface area contributed by atoms with Crippen molar-refractivity contribution in [1.29, 1.82) is 0 Å². The van der Waals surface area contributed by atoms with Gasteiger partial charge in [0.1, 0.15) is 0 Å². The van der Waals surface area contributed by atoms with E-state index in [9.17, 15) is 0 Å². The first-order valence-electron chi connectivity index (χ1n) is 12.5. The van der Waals surface area contributed by atoms with Crippen LogP contribution in [0.15, 0.2) is 115 Å². The first-order chi connectivity index (χ1) is 18.3. The zero-order valence-corrected chi connectivity index (χ0v) is 21.4. The highest BCUT2D eigenvalue weighted by molar-refractivity contribution is 7.26. The lowest BCUT2D eigenvalue weighted by molar-refractivity contribution is 1.19. The summed E-state index contributed by atoms with van der Waals surface area (Å²) >= 11 is 3.76. The first-order valence-corrected chi connectivity index (χ1v) is 14.2. The summed E-state index contributed by atoms with van der Waals surface area (Å²) in [5.74, 6) is 0. The Balaban J connectivity index is 1.43. The predicted octanol–water partition coefficient (Wildman–Crippen LogP) is 10.7. The van der Waals surface area contributed by atoms with E-state index in [1.54, 1.807) is 0 Å². The maximum atomic E-state index is 2.46. The lowest BCUT2D eigenvalue weighted by atomic mass is 10.0. The Labute approximate surface area is 220 Å². The molecule has 0 spiro atoms. The van der Waals surface area contributed by atoms with Crippen LogP contribution in [0.2, 0.25) is 0 Å². The highest BCUT2D eigenvalue weighted by atomic mass is 32.1. The lowest BCUT2D eigenvalue weighted by Crippen LogP contribution is -1.93. The Morgan fingerprint density at radius 3 is 2.00 bits per heavy atom. The van der Waals surface area contributed by atoms with Crippen molar-refractivity contribution < 1.29 is 0 Å². The van der Waals surface area contributed by atoms with Gasteiger partial charge in [0.05, 0.1) is 11.0 Å². The summed E-state index contributed by atoms with van der Waals surface area (Å²) in [7, 11) is 0. The van der Waals surface area contributed by atoms with E-state index in [1.165, 1.54) is 78.6 Å². The zero-order valence-electron chi connectivity index (χ0n) is 19.7. The minimum Gasteiger partial charge on any atom is -0.309 e. The van der Waals surface area contributed by atoms with Gasteiger partial charge in [-0.25, -0.2) is 0 Å². The second-order valence-corrected chi connectivity index (χ2v) is 11.9. The van der Waals surface area contributed by atoms with Crippen molar-refractivity contribution in [2.75, 3.05) is 0 Å². The molecule has 6 aromatic carbocycles. The van der Waals surface area contributed by atoms with Gasteiger partial charge < -0.3 is 4.57 Å². The molecule has 0 aliphatic carbocycles. The quantitative estimate of drug-likeness (QED) is 0.209. The molecule has 0 fully saturated rings. The molecule has 3 heteroatoms. The van der Waals surface area contributed by atoms with E-state index in [4.69, 9.17) is 0 Å². The van der Waals surface area contributed by atoms with E-state index in [2.05, 4.69) is 120 Å². The lowest BCUT2D eigenvalue weighted by Gasteiger charge is -2.09. The number of aromatic nitrogens is 1. The highest BCUT2D eigenvalue weighted by Crippen LogP contribution is 2.42. The number of rotatable bonds is 1. The summed E-state index contributed by atoms with van der Waals surface area (Å²) < 4.78 is 7.83. The summed E-state index contributed by atoms with van der Waals surface area (Å²) in [6.07, 6.45) is 0. The first kappa shape index (κ1) is 19.9. The molecule has 0 unspecified atom stereocenters. The summed E-state index contributed by atoms with van der Waals surface area (Å²) in [5.41, 5.74) is 3.73. The van der Waals surface area contributed by atoms with E-state index >= 15 is 0 Å². The Hall–Kier alpha value is -4.18. The average molecular weight is 506 g/mol. The fourth-order valence-electron chi connectivity index (χ4n) is 6.14. The number of hydrogen-bond acceptors (Lipinski definition) is 2. The smallest absolute Gasteiger partial charge is 0.0547 e. The molecule has 1 nitrogen and oxygen atoms in total. The van der Waals surface area contributed by atoms with Crippen LogP contribution in [0.4, 0.5) is 0 Å². The van der Waals surface area contributed by atoms with Crippen molar-refractivity contribution in [3.8, 4) is 5.69 Å². The molecule has 0 N–H and O–H groups in total. The van der Waals surface area contributed by atoms with Gasteiger partial charge in [-0.1, -0.05) is 66.7 Å². The molecule has 0 saturated carbocycles. The normalized spacial score (nSPS) is 12.3. The molecule has 0 saturated heterocycles. The largest absolute Gasteiger partial charge is 0.309 e. The predicted molar refractivity (Wildman–Crippen MR) is 164 cm³/mol. The van der Waals surface area contributed by atoms with Crippen molar-refractivity contribution in [2.24, 2.45) is 0 Å². The standard InChI is InChI=1S/C34H19NS2/c1-4-10-28-22(7-1)27-17-20-13-16-32-34(25-9-3-6-12-31(25)36-32)26(20)19-29(27)35(28)21-14-15-24-23-8-2-5-11-30(23)37-33(24)18-21/h1-19H. The molecule has 3 heterocycles.